The lowest BCUT2D eigenvalue weighted by atomic mass is 10.2. The van der Waals surface area contributed by atoms with Crippen LogP contribution in [-0.4, -0.2) is 23.4 Å². The molecule has 0 saturated heterocycles. The van der Waals surface area contributed by atoms with Gasteiger partial charge in [-0.15, -0.1) is 0 Å². The van der Waals surface area contributed by atoms with Gasteiger partial charge in [-0.1, -0.05) is 13.8 Å². The Morgan fingerprint density at radius 3 is 2.45 bits per heavy atom. The normalized spacial score (nSPS) is 22.5. The van der Waals surface area contributed by atoms with Crippen molar-refractivity contribution in [2.45, 2.75) is 57.9 Å². The minimum Gasteiger partial charge on any atom is -0.485 e. The van der Waals surface area contributed by atoms with Crippen LogP contribution in [0.1, 0.15) is 38.7 Å². The van der Waals surface area contributed by atoms with E-state index in [9.17, 15) is 5.11 Å². The molecule has 0 aromatic heterocycles. The van der Waals surface area contributed by atoms with Gasteiger partial charge in [-0.05, 0) is 68.8 Å². The van der Waals surface area contributed by atoms with Crippen LogP contribution in [0.15, 0.2) is 21.1 Å². The topological polar surface area (TPSA) is 41.5 Å². The van der Waals surface area contributed by atoms with E-state index < -0.39 is 0 Å². The number of ether oxygens (including phenoxy) is 1. The molecule has 0 heterocycles. The van der Waals surface area contributed by atoms with Crippen molar-refractivity contribution in [3.8, 4) is 5.75 Å². The highest BCUT2D eigenvalue weighted by Crippen LogP contribution is 2.37. The Labute approximate surface area is 137 Å². The molecule has 1 aliphatic carbocycles. The van der Waals surface area contributed by atoms with Gasteiger partial charge in [0, 0.05) is 12.6 Å². The number of aliphatic hydroxyl groups is 1. The molecule has 1 aliphatic rings. The summed E-state index contributed by atoms with van der Waals surface area (Å²) in [7, 11) is 0. The zero-order valence-electron chi connectivity index (χ0n) is 11.8. The lowest BCUT2D eigenvalue weighted by Crippen LogP contribution is -2.26. The monoisotopic (exact) mass is 405 g/mol. The second kappa shape index (κ2) is 7.25. The van der Waals surface area contributed by atoms with E-state index in [1.807, 2.05) is 0 Å². The Balaban J connectivity index is 2.10. The van der Waals surface area contributed by atoms with Crippen LogP contribution >= 0.6 is 31.9 Å². The molecular formula is C15H21Br2NO2. The summed E-state index contributed by atoms with van der Waals surface area (Å²) in [5.74, 6) is 0.782. The van der Waals surface area contributed by atoms with Crippen LogP contribution in [0.4, 0.5) is 0 Å². The molecule has 2 unspecified atom stereocenters. The van der Waals surface area contributed by atoms with Gasteiger partial charge >= 0.3 is 0 Å². The summed E-state index contributed by atoms with van der Waals surface area (Å²) in [6.45, 7) is 5.08. The SMILES string of the molecule is CC(C)NCc1cc(Br)c(OC2CCCC2O)c(Br)c1. The first kappa shape index (κ1) is 16.3. The summed E-state index contributed by atoms with van der Waals surface area (Å²) in [5, 5.41) is 13.3. The average molecular weight is 407 g/mol. The molecule has 2 N–H and O–H groups in total. The minimum absolute atomic E-state index is 0.0951. The molecule has 0 bridgehead atoms. The number of halogens is 2. The van der Waals surface area contributed by atoms with Gasteiger partial charge in [0.25, 0.3) is 0 Å². The van der Waals surface area contributed by atoms with E-state index in [0.717, 1.165) is 40.5 Å². The average Bonchev–Trinajstić information content (AvgIpc) is 2.77. The second-order valence-electron chi connectivity index (χ2n) is 5.58. The lowest BCUT2D eigenvalue weighted by Gasteiger charge is -2.20. The van der Waals surface area contributed by atoms with Crippen molar-refractivity contribution in [1.29, 1.82) is 0 Å². The Morgan fingerprint density at radius 1 is 1.30 bits per heavy atom. The summed E-state index contributed by atoms with van der Waals surface area (Å²) in [6, 6.07) is 4.59. The molecule has 20 heavy (non-hydrogen) atoms. The van der Waals surface area contributed by atoms with Crippen LogP contribution in [0, 0.1) is 0 Å². The fourth-order valence-electron chi connectivity index (χ4n) is 2.34. The Bertz CT molecular complexity index is 442. The van der Waals surface area contributed by atoms with Crippen LogP contribution in [0.3, 0.4) is 0 Å². The van der Waals surface area contributed by atoms with Gasteiger partial charge < -0.3 is 15.2 Å². The fourth-order valence-corrected chi connectivity index (χ4v) is 3.81. The van der Waals surface area contributed by atoms with Crippen molar-refractivity contribution in [2.75, 3.05) is 0 Å². The van der Waals surface area contributed by atoms with Crippen molar-refractivity contribution in [3.63, 3.8) is 0 Å². The number of hydrogen-bond acceptors (Lipinski definition) is 3. The minimum atomic E-state index is -0.351. The molecule has 2 atom stereocenters. The summed E-state index contributed by atoms with van der Waals surface area (Å²) < 4.78 is 7.81. The molecule has 0 spiro atoms. The fraction of sp³-hybridized carbons (Fsp3) is 0.600. The predicted octanol–water partition coefficient (Wildman–Crippen LogP) is 4.00. The maximum atomic E-state index is 9.87. The standard InChI is InChI=1S/C15H21Br2NO2/c1-9(2)18-8-10-6-11(16)15(12(17)7-10)20-14-5-3-4-13(14)19/h6-7,9,13-14,18-19H,3-5,8H2,1-2H3. The molecule has 0 amide bonds. The maximum Gasteiger partial charge on any atom is 0.148 e. The summed E-state index contributed by atoms with van der Waals surface area (Å²) >= 11 is 7.14. The smallest absolute Gasteiger partial charge is 0.148 e. The first-order valence-corrected chi connectivity index (χ1v) is 8.62. The van der Waals surface area contributed by atoms with Crippen molar-refractivity contribution < 1.29 is 9.84 Å². The van der Waals surface area contributed by atoms with Gasteiger partial charge in [0.1, 0.15) is 11.9 Å². The van der Waals surface area contributed by atoms with Crippen LogP contribution in [-0.2, 0) is 6.54 Å². The summed E-state index contributed by atoms with van der Waals surface area (Å²) in [6.07, 6.45) is 2.32. The molecule has 1 saturated carbocycles. The number of nitrogens with one attached hydrogen (secondary N) is 1. The summed E-state index contributed by atoms with van der Waals surface area (Å²) in [5.41, 5.74) is 1.19. The molecule has 0 radical (unpaired) electrons. The van der Waals surface area contributed by atoms with Gasteiger partial charge in [-0.2, -0.15) is 0 Å². The molecule has 5 heteroatoms. The zero-order chi connectivity index (χ0) is 14.7. The first-order valence-electron chi connectivity index (χ1n) is 7.03. The van der Waals surface area contributed by atoms with Crippen LogP contribution in [0.2, 0.25) is 0 Å². The van der Waals surface area contributed by atoms with Crippen molar-refractivity contribution in [1.82, 2.24) is 5.32 Å². The van der Waals surface area contributed by atoms with Crippen LogP contribution < -0.4 is 10.1 Å². The quantitative estimate of drug-likeness (QED) is 0.776. The van der Waals surface area contributed by atoms with Gasteiger partial charge in [0.05, 0.1) is 15.0 Å². The van der Waals surface area contributed by atoms with Crippen LogP contribution in [0.5, 0.6) is 5.75 Å². The van der Waals surface area contributed by atoms with Crippen molar-refractivity contribution in [2.24, 2.45) is 0 Å². The molecule has 3 nitrogen and oxygen atoms in total. The summed E-state index contributed by atoms with van der Waals surface area (Å²) in [4.78, 5) is 0. The molecule has 2 rings (SSSR count). The largest absolute Gasteiger partial charge is 0.485 e. The van der Waals surface area contributed by atoms with Crippen molar-refractivity contribution in [3.05, 3.63) is 26.6 Å². The second-order valence-corrected chi connectivity index (χ2v) is 7.29. The Morgan fingerprint density at radius 2 is 1.95 bits per heavy atom. The van der Waals surface area contributed by atoms with Crippen molar-refractivity contribution >= 4 is 31.9 Å². The molecular weight excluding hydrogens is 386 g/mol. The highest BCUT2D eigenvalue weighted by Gasteiger charge is 2.28. The zero-order valence-corrected chi connectivity index (χ0v) is 15.0. The highest BCUT2D eigenvalue weighted by atomic mass is 79.9. The van der Waals surface area contributed by atoms with E-state index in [4.69, 9.17) is 4.74 Å². The van der Waals surface area contributed by atoms with Gasteiger partial charge in [0.15, 0.2) is 0 Å². The molecule has 112 valence electrons. The molecule has 1 aromatic rings. The number of rotatable bonds is 5. The third kappa shape index (κ3) is 4.20. The van der Waals surface area contributed by atoms with E-state index in [2.05, 4.69) is 63.2 Å². The maximum absolute atomic E-state index is 9.87. The van der Waals surface area contributed by atoms with E-state index in [-0.39, 0.29) is 12.2 Å². The Kier molecular flexibility index (Phi) is 5.90. The van der Waals surface area contributed by atoms with Gasteiger partial charge in [0.2, 0.25) is 0 Å². The molecule has 1 aromatic carbocycles. The van der Waals surface area contributed by atoms with E-state index in [1.165, 1.54) is 5.56 Å². The third-order valence-electron chi connectivity index (χ3n) is 3.46. The van der Waals surface area contributed by atoms with Crippen LogP contribution in [0.25, 0.3) is 0 Å². The van der Waals surface area contributed by atoms with Gasteiger partial charge in [-0.3, -0.25) is 0 Å². The van der Waals surface area contributed by atoms with Gasteiger partial charge in [-0.25, -0.2) is 0 Å². The molecule has 1 fully saturated rings. The third-order valence-corrected chi connectivity index (χ3v) is 4.64. The number of aliphatic hydroxyl groups excluding tert-OH is 1. The predicted molar refractivity (Wildman–Crippen MR) is 88.1 cm³/mol. The highest BCUT2D eigenvalue weighted by molar-refractivity contribution is 9.11. The number of hydrogen-bond donors (Lipinski definition) is 2. The number of benzene rings is 1. The van der Waals surface area contributed by atoms with E-state index in [0.29, 0.717) is 6.04 Å². The van der Waals surface area contributed by atoms with E-state index >= 15 is 0 Å². The molecule has 0 aliphatic heterocycles. The first-order chi connectivity index (χ1) is 9.47. The van der Waals surface area contributed by atoms with E-state index in [1.54, 1.807) is 0 Å². The Hall–Kier alpha value is -0.100. The lowest BCUT2D eigenvalue weighted by molar-refractivity contribution is 0.0594.